The monoisotopic (exact) mass is 467 g/mol. The number of hydrogen-bond acceptors (Lipinski definition) is 4. The molecule has 0 bridgehead atoms. The van der Waals surface area contributed by atoms with Crippen molar-refractivity contribution in [1.29, 1.82) is 10.5 Å². The Morgan fingerprint density at radius 3 is 2.14 bits per heavy atom. The van der Waals surface area contributed by atoms with Crippen molar-refractivity contribution in [3.63, 3.8) is 0 Å². The molecule has 2 heterocycles. The third-order valence-corrected chi connectivity index (χ3v) is 7.85. The summed E-state index contributed by atoms with van der Waals surface area (Å²) in [6, 6.07) is 31.8. The van der Waals surface area contributed by atoms with E-state index in [4.69, 9.17) is 0 Å². The zero-order valence-corrected chi connectivity index (χ0v) is 19.8. The Kier molecular flexibility index (Phi) is 5.51. The fourth-order valence-corrected chi connectivity index (χ4v) is 6.27. The minimum Gasteiger partial charge on any atom is -0.359 e. The van der Waals surface area contributed by atoms with Crippen LogP contribution in [-0.4, -0.2) is 16.7 Å². The van der Waals surface area contributed by atoms with Crippen molar-refractivity contribution in [3.05, 3.63) is 125 Å². The number of fused-ring (bicyclic) bond motifs is 3. The minimum atomic E-state index is -0.457. The maximum absolute atomic E-state index is 14.2. The number of hydrogen-bond donors (Lipinski definition) is 0. The van der Waals surface area contributed by atoms with Gasteiger partial charge in [-0.2, -0.15) is 10.5 Å². The average Bonchev–Trinajstić information content (AvgIpc) is 3.72. The van der Waals surface area contributed by atoms with Crippen LogP contribution in [-0.2, 0) is 0 Å². The highest BCUT2D eigenvalue weighted by Gasteiger charge is 2.56. The van der Waals surface area contributed by atoms with Crippen molar-refractivity contribution < 1.29 is 4.79 Å². The lowest BCUT2D eigenvalue weighted by Crippen LogP contribution is -2.37. The summed E-state index contributed by atoms with van der Waals surface area (Å²) < 4.78 is 0. The molecule has 2 fully saturated rings. The lowest BCUT2D eigenvalue weighted by Gasteiger charge is -2.35. The van der Waals surface area contributed by atoms with Crippen molar-refractivity contribution in [2.75, 3.05) is 0 Å². The third-order valence-electron chi connectivity index (χ3n) is 7.85. The van der Waals surface area contributed by atoms with E-state index in [1.54, 1.807) is 0 Å². The van der Waals surface area contributed by atoms with Gasteiger partial charge in [0.2, 0.25) is 0 Å². The maximum Gasteiger partial charge on any atom is 0.185 e. The molecular weight excluding hydrogens is 442 g/mol. The van der Waals surface area contributed by atoms with Crippen molar-refractivity contribution in [2.45, 2.75) is 30.8 Å². The molecule has 4 atom stereocenters. The number of ketones is 1. The van der Waals surface area contributed by atoms with Crippen molar-refractivity contribution in [1.82, 2.24) is 4.90 Å². The van der Waals surface area contributed by atoms with Gasteiger partial charge in [-0.25, -0.2) is 0 Å². The smallest absolute Gasteiger partial charge is 0.185 e. The van der Waals surface area contributed by atoms with Gasteiger partial charge in [-0.1, -0.05) is 84.9 Å². The van der Waals surface area contributed by atoms with Crippen LogP contribution >= 0.6 is 0 Å². The van der Waals surface area contributed by atoms with Crippen molar-refractivity contribution in [3.8, 4) is 12.1 Å². The molecule has 0 radical (unpaired) electrons. The molecule has 0 aromatic heterocycles. The number of allylic oxidation sites excluding steroid dienone is 1. The molecule has 1 saturated carbocycles. The van der Waals surface area contributed by atoms with E-state index in [2.05, 4.69) is 53.6 Å². The first kappa shape index (κ1) is 22.1. The first-order valence-electron chi connectivity index (χ1n) is 12.5. The van der Waals surface area contributed by atoms with Gasteiger partial charge in [0, 0.05) is 23.6 Å². The van der Waals surface area contributed by atoms with Crippen LogP contribution in [0, 0.1) is 34.5 Å². The van der Waals surface area contributed by atoms with Crippen LogP contribution in [0.5, 0.6) is 0 Å². The largest absolute Gasteiger partial charge is 0.359 e. The van der Waals surface area contributed by atoms with Gasteiger partial charge in [0.05, 0.1) is 12.1 Å². The maximum atomic E-state index is 14.2. The average molecular weight is 468 g/mol. The number of carbonyl (C=O) groups excluding carboxylic acids is 1. The van der Waals surface area contributed by atoms with Gasteiger partial charge < -0.3 is 4.90 Å². The van der Waals surface area contributed by atoms with Crippen molar-refractivity contribution >= 4 is 11.9 Å². The molecule has 3 aromatic carbocycles. The van der Waals surface area contributed by atoms with Gasteiger partial charge in [0.15, 0.2) is 5.78 Å². The molecule has 0 N–H and O–H groups in total. The van der Waals surface area contributed by atoms with Gasteiger partial charge in [-0.05, 0) is 47.1 Å². The van der Waals surface area contributed by atoms with E-state index in [0.717, 1.165) is 35.1 Å². The fourth-order valence-electron chi connectivity index (χ4n) is 6.27. The van der Waals surface area contributed by atoms with Crippen LogP contribution in [0.25, 0.3) is 6.08 Å². The molecule has 1 saturated heterocycles. The second-order valence-electron chi connectivity index (χ2n) is 9.80. The van der Waals surface area contributed by atoms with Crippen molar-refractivity contribution in [2.24, 2.45) is 11.8 Å². The van der Waals surface area contributed by atoms with E-state index in [1.807, 2.05) is 60.7 Å². The van der Waals surface area contributed by atoms with Gasteiger partial charge in [0.1, 0.15) is 17.7 Å². The summed E-state index contributed by atoms with van der Waals surface area (Å²) in [6.45, 7) is 0. The minimum absolute atomic E-state index is 0.0617. The summed E-state index contributed by atoms with van der Waals surface area (Å²) >= 11 is 0. The van der Waals surface area contributed by atoms with E-state index < -0.39 is 6.04 Å². The number of rotatable bonds is 5. The first-order chi connectivity index (χ1) is 17.7. The van der Waals surface area contributed by atoms with Gasteiger partial charge >= 0.3 is 0 Å². The van der Waals surface area contributed by atoms with E-state index in [1.165, 1.54) is 0 Å². The molecule has 0 spiro atoms. The van der Waals surface area contributed by atoms with E-state index in [0.29, 0.717) is 5.56 Å². The molecule has 3 aromatic rings. The lowest BCUT2D eigenvalue weighted by atomic mass is 9.72. The zero-order valence-electron chi connectivity index (χ0n) is 19.8. The lowest BCUT2D eigenvalue weighted by molar-refractivity contribution is 0.0874. The predicted molar refractivity (Wildman–Crippen MR) is 138 cm³/mol. The van der Waals surface area contributed by atoms with Gasteiger partial charge in [0.25, 0.3) is 0 Å². The summed E-state index contributed by atoms with van der Waals surface area (Å²) in [6.07, 6.45) is 6.08. The first-order valence-corrected chi connectivity index (χ1v) is 12.5. The zero-order chi connectivity index (χ0) is 24.6. The normalized spacial score (nSPS) is 23.7. The van der Waals surface area contributed by atoms with E-state index in [-0.39, 0.29) is 35.2 Å². The molecule has 4 heteroatoms. The molecule has 0 unspecified atom stereocenters. The Hall–Kier alpha value is -4.41. The summed E-state index contributed by atoms with van der Waals surface area (Å²) in [5, 5.41) is 20.0. The molecule has 36 heavy (non-hydrogen) atoms. The molecule has 0 amide bonds. The number of benzene rings is 3. The van der Waals surface area contributed by atoms with Crippen LogP contribution in [0.3, 0.4) is 0 Å². The molecule has 6 rings (SSSR count). The van der Waals surface area contributed by atoms with Crippen LogP contribution in [0.1, 0.15) is 51.8 Å². The number of Topliss-reactive ketones (excluding diaryl/α,β-unsaturated/α-hetero) is 1. The van der Waals surface area contributed by atoms with Crippen LogP contribution in [0.15, 0.2) is 102 Å². The highest BCUT2D eigenvalue weighted by atomic mass is 16.1. The Balaban J connectivity index is 1.63. The SMILES string of the molecule is N#CC(C#N)=C(C1CC1)[C@@H]1[C@@H](c2ccccc2)[C@H](C(=O)c2ccccc2)N2C=Cc3ccccc3[C@@H]12. The summed E-state index contributed by atoms with van der Waals surface area (Å²) in [7, 11) is 0. The molecule has 1 aliphatic carbocycles. The van der Waals surface area contributed by atoms with E-state index in [9.17, 15) is 15.3 Å². The highest BCUT2D eigenvalue weighted by molar-refractivity contribution is 6.01. The number of nitriles is 2. The van der Waals surface area contributed by atoms with Gasteiger partial charge in [-0.15, -0.1) is 0 Å². The van der Waals surface area contributed by atoms with Crippen LogP contribution < -0.4 is 0 Å². The van der Waals surface area contributed by atoms with Crippen LogP contribution in [0.2, 0.25) is 0 Å². The Morgan fingerprint density at radius 1 is 0.833 bits per heavy atom. The quantitative estimate of drug-likeness (QED) is 0.320. The fraction of sp³-hybridized carbons (Fsp3) is 0.219. The van der Waals surface area contributed by atoms with E-state index >= 15 is 0 Å². The Labute approximate surface area is 211 Å². The molecule has 3 aliphatic rings. The Bertz CT molecular complexity index is 1440. The topological polar surface area (TPSA) is 67.9 Å². The summed E-state index contributed by atoms with van der Waals surface area (Å²) in [4.78, 5) is 16.4. The molecule has 4 nitrogen and oxygen atoms in total. The molecule has 174 valence electrons. The summed E-state index contributed by atoms with van der Waals surface area (Å²) in [5.41, 5.74) is 5.13. The second-order valence-corrected chi connectivity index (χ2v) is 9.80. The second kappa shape index (κ2) is 8.99. The van der Waals surface area contributed by atoms with Crippen LogP contribution in [0.4, 0.5) is 0 Å². The van der Waals surface area contributed by atoms with Gasteiger partial charge in [-0.3, -0.25) is 4.79 Å². The third kappa shape index (κ3) is 3.55. The number of nitrogens with zero attached hydrogens (tertiary/aromatic N) is 3. The standard InChI is InChI=1S/C32H25N3O/c33-19-25(20-34)27(23-15-16-23)29-28(22-10-3-1-4-11-22)31(32(36)24-12-5-2-6-13-24)35-18-17-21-9-7-8-14-26(21)30(29)35/h1-14,17-18,23,28-31H,15-16H2/t28-,29-,30+,31-/m1/s1. The molecular formula is C32H25N3O. The molecule has 2 aliphatic heterocycles. The summed E-state index contributed by atoms with van der Waals surface area (Å²) in [5.74, 6) is -0.0995. The number of carbonyl (C=O) groups is 1. The highest BCUT2D eigenvalue weighted by Crippen LogP contribution is 2.59. The predicted octanol–water partition coefficient (Wildman–Crippen LogP) is 6.43. The Morgan fingerprint density at radius 2 is 1.47 bits per heavy atom.